The molecule has 0 saturated carbocycles. The molecule has 132 valence electrons. The molecule has 0 aliphatic carbocycles. The number of thioether (sulfide) groups is 1. The second-order valence-corrected chi connectivity index (χ2v) is 6.02. The number of anilines is 1. The third-order valence-electron chi connectivity index (χ3n) is 3.66. The molecule has 0 unspecified atom stereocenters. The number of nitrogens with zero attached hydrogens (tertiary/aromatic N) is 3. The normalized spacial score (nSPS) is 10.2. The van der Waals surface area contributed by atoms with E-state index in [-0.39, 0.29) is 0 Å². The number of benzene rings is 1. The summed E-state index contributed by atoms with van der Waals surface area (Å²) in [7, 11) is 3.17. The SMILES string of the molecule is CCCCNc1nc(SC)nc(-c2ccc(OC)c(OC)c2)c1C#N. The number of hydrogen-bond acceptors (Lipinski definition) is 7. The van der Waals surface area contributed by atoms with E-state index in [1.54, 1.807) is 20.3 Å². The summed E-state index contributed by atoms with van der Waals surface area (Å²) in [5.74, 6) is 1.79. The van der Waals surface area contributed by atoms with E-state index in [0.717, 1.165) is 24.9 Å². The lowest BCUT2D eigenvalue weighted by molar-refractivity contribution is 0.355. The molecule has 7 heteroatoms. The van der Waals surface area contributed by atoms with Crippen molar-refractivity contribution in [2.45, 2.75) is 24.9 Å². The molecule has 2 rings (SSSR count). The minimum absolute atomic E-state index is 0.432. The van der Waals surface area contributed by atoms with Crippen LogP contribution in [-0.4, -0.2) is 37.0 Å². The molecule has 1 aromatic carbocycles. The number of unbranched alkanes of at least 4 members (excludes halogenated alkanes) is 1. The van der Waals surface area contributed by atoms with E-state index < -0.39 is 0 Å². The summed E-state index contributed by atoms with van der Waals surface area (Å²) in [6, 6.07) is 7.73. The smallest absolute Gasteiger partial charge is 0.189 e. The van der Waals surface area contributed by atoms with Crippen LogP contribution in [-0.2, 0) is 0 Å². The van der Waals surface area contributed by atoms with Gasteiger partial charge in [-0.15, -0.1) is 0 Å². The summed E-state index contributed by atoms with van der Waals surface area (Å²) in [4.78, 5) is 9.00. The highest BCUT2D eigenvalue weighted by Gasteiger charge is 2.17. The van der Waals surface area contributed by atoms with Gasteiger partial charge in [0, 0.05) is 12.1 Å². The Balaban J connectivity index is 2.56. The van der Waals surface area contributed by atoms with Crippen molar-refractivity contribution >= 4 is 17.6 Å². The molecule has 0 bridgehead atoms. The molecule has 0 amide bonds. The summed E-state index contributed by atoms with van der Waals surface area (Å²) in [5.41, 5.74) is 1.80. The first-order valence-corrected chi connectivity index (χ1v) is 9.23. The highest BCUT2D eigenvalue weighted by molar-refractivity contribution is 7.98. The van der Waals surface area contributed by atoms with E-state index in [1.807, 2.05) is 18.4 Å². The van der Waals surface area contributed by atoms with Crippen LogP contribution in [0, 0.1) is 11.3 Å². The van der Waals surface area contributed by atoms with Gasteiger partial charge in [-0.1, -0.05) is 25.1 Å². The van der Waals surface area contributed by atoms with E-state index in [2.05, 4.69) is 28.3 Å². The minimum atomic E-state index is 0.432. The Bertz CT molecular complexity index is 774. The average Bonchev–Trinajstić information content (AvgIpc) is 2.66. The lowest BCUT2D eigenvalue weighted by Gasteiger charge is -2.13. The molecule has 6 nitrogen and oxygen atoms in total. The van der Waals surface area contributed by atoms with Crippen LogP contribution >= 0.6 is 11.8 Å². The highest BCUT2D eigenvalue weighted by Crippen LogP contribution is 2.34. The summed E-state index contributed by atoms with van der Waals surface area (Å²) < 4.78 is 10.6. The maximum atomic E-state index is 9.68. The number of hydrogen-bond donors (Lipinski definition) is 1. The van der Waals surface area contributed by atoms with Crippen LogP contribution < -0.4 is 14.8 Å². The zero-order valence-corrected chi connectivity index (χ0v) is 15.7. The first kappa shape index (κ1) is 18.9. The summed E-state index contributed by atoms with van der Waals surface area (Å²) in [5, 5.41) is 13.5. The summed E-state index contributed by atoms with van der Waals surface area (Å²) >= 11 is 1.44. The Hall–Kier alpha value is -2.46. The topological polar surface area (TPSA) is 80.1 Å². The molecule has 0 fully saturated rings. The van der Waals surface area contributed by atoms with E-state index >= 15 is 0 Å². The highest BCUT2D eigenvalue weighted by atomic mass is 32.2. The zero-order valence-electron chi connectivity index (χ0n) is 14.9. The Morgan fingerprint density at radius 2 is 1.96 bits per heavy atom. The van der Waals surface area contributed by atoms with Crippen LogP contribution in [0.5, 0.6) is 11.5 Å². The zero-order chi connectivity index (χ0) is 18.2. The Labute approximate surface area is 152 Å². The molecule has 1 aromatic heterocycles. The quantitative estimate of drug-likeness (QED) is 0.434. The Morgan fingerprint density at radius 1 is 1.20 bits per heavy atom. The van der Waals surface area contributed by atoms with E-state index in [1.165, 1.54) is 11.8 Å². The molecule has 1 N–H and O–H groups in total. The van der Waals surface area contributed by atoms with Gasteiger partial charge in [0.1, 0.15) is 17.5 Å². The standard InChI is InChI=1S/C18H22N4O2S/c1-5-6-9-20-17-13(11-19)16(21-18(22-17)25-4)12-7-8-14(23-2)15(10-12)24-3/h7-8,10H,5-6,9H2,1-4H3,(H,20,21,22). The monoisotopic (exact) mass is 358 g/mol. The van der Waals surface area contributed by atoms with Crippen molar-refractivity contribution in [1.82, 2.24) is 9.97 Å². The predicted molar refractivity (Wildman–Crippen MR) is 100 cm³/mol. The fourth-order valence-corrected chi connectivity index (χ4v) is 2.71. The third kappa shape index (κ3) is 4.34. The van der Waals surface area contributed by atoms with Gasteiger partial charge in [0.2, 0.25) is 0 Å². The molecular formula is C18H22N4O2S. The van der Waals surface area contributed by atoms with Crippen LogP contribution in [0.1, 0.15) is 25.3 Å². The lowest BCUT2D eigenvalue weighted by atomic mass is 10.1. The number of aromatic nitrogens is 2. The largest absolute Gasteiger partial charge is 0.493 e. The van der Waals surface area contributed by atoms with Crippen LogP contribution in [0.2, 0.25) is 0 Å². The van der Waals surface area contributed by atoms with Crippen molar-refractivity contribution in [3.8, 4) is 28.8 Å². The molecule has 0 atom stereocenters. The van der Waals surface area contributed by atoms with Gasteiger partial charge >= 0.3 is 0 Å². The van der Waals surface area contributed by atoms with E-state index in [4.69, 9.17) is 9.47 Å². The van der Waals surface area contributed by atoms with Gasteiger partial charge in [0.05, 0.1) is 19.9 Å². The predicted octanol–water partition coefficient (Wildman–Crippen LogP) is 3.97. The van der Waals surface area contributed by atoms with Gasteiger partial charge in [-0.05, 0) is 30.9 Å². The van der Waals surface area contributed by atoms with Crippen LogP contribution in [0.15, 0.2) is 23.4 Å². The van der Waals surface area contributed by atoms with Gasteiger partial charge < -0.3 is 14.8 Å². The van der Waals surface area contributed by atoms with Gasteiger partial charge in [-0.3, -0.25) is 0 Å². The molecule has 2 aromatic rings. The van der Waals surface area contributed by atoms with Gasteiger partial charge in [-0.25, -0.2) is 9.97 Å². The minimum Gasteiger partial charge on any atom is -0.493 e. The van der Waals surface area contributed by atoms with E-state index in [0.29, 0.717) is 33.7 Å². The summed E-state index contributed by atoms with van der Waals surface area (Å²) in [6.07, 6.45) is 3.99. The van der Waals surface area contributed by atoms with Gasteiger partial charge in [0.25, 0.3) is 0 Å². The number of rotatable bonds is 8. The first-order valence-electron chi connectivity index (χ1n) is 8.00. The molecule has 0 spiro atoms. The fourth-order valence-electron chi connectivity index (χ4n) is 2.34. The molecule has 0 radical (unpaired) electrons. The first-order chi connectivity index (χ1) is 12.2. The van der Waals surface area contributed by atoms with Crippen LogP contribution in [0.3, 0.4) is 0 Å². The molecule has 0 aliphatic heterocycles. The molecular weight excluding hydrogens is 336 g/mol. The maximum Gasteiger partial charge on any atom is 0.189 e. The second-order valence-electron chi connectivity index (χ2n) is 5.24. The molecule has 25 heavy (non-hydrogen) atoms. The average molecular weight is 358 g/mol. The maximum absolute atomic E-state index is 9.68. The van der Waals surface area contributed by atoms with Crippen molar-refractivity contribution in [2.24, 2.45) is 0 Å². The van der Waals surface area contributed by atoms with Crippen LogP contribution in [0.4, 0.5) is 5.82 Å². The summed E-state index contributed by atoms with van der Waals surface area (Å²) in [6.45, 7) is 2.89. The molecule has 0 saturated heterocycles. The van der Waals surface area contributed by atoms with Crippen molar-refractivity contribution in [3.63, 3.8) is 0 Å². The molecule has 1 heterocycles. The number of ether oxygens (including phenoxy) is 2. The number of nitriles is 1. The van der Waals surface area contributed by atoms with E-state index in [9.17, 15) is 5.26 Å². The molecule has 0 aliphatic rings. The second kappa shape index (κ2) is 9.14. The van der Waals surface area contributed by atoms with Crippen molar-refractivity contribution in [1.29, 1.82) is 5.26 Å². The third-order valence-corrected chi connectivity index (χ3v) is 4.21. The van der Waals surface area contributed by atoms with Crippen molar-refractivity contribution in [3.05, 3.63) is 23.8 Å². The Kier molecular flexibility index (Phi) is 6.90. The van der Waals surface area contributed by atoms with Gasteiger partial charge in [0.15, 0.2) is 16.7 Å². The fraction of sp³-hybridized carbons (Fsp3) is 0.389. The van der Waals surface area contributed by atoms with Crippen molar-refractivity contribution < 1.29 is 9.47 Å². The Morgan fingerprint density at radius 3 is 2.56 bits per heavy atom. The number of methoxy groups -OCH3 is 2. The number of nitrogens with one attached hydrogen (secondary N) is 1. The lowest BCUT2D eigenvalue weighted by Crippen LogP contribution is -2.08. The van der Waals surface area contributed by atoms with Gasteiger partial charge in [-0.2, -0.15) is 5.26 Å². The van der Waals surface area contributed by atoms with Crippen molar-refractivity contribution in [2.75, 3.05) is 32.3 Å². The van der Waals surface area contributed by atoms with Crippen LogP contribution in [0.25, 0.3) is 11.3 Å².